The summed E-state index contributed by atoms with van der Waals surface area (Å²) in [6.45, 7) is 4.75. The molecule has 5 nitrogen and oxygen atoms in total. The zero-order valence-electron chi connectivity index (χ0n) is 9.91. The van der Waals surface area contributed by atoms with Gasteiger partial charge >= 0.3 is 0 Å². The summed E-state index contributed by atoms with van der Waals surface area (Å²) >= 11 is 0. The van der Waals surface area contributed by atoms with Crippen molar-refractivity contribution in [2.75, 3.05) is 46.3 Å². The lowest BCUT2D eigenvalue weighted by atomic mass is 9.90. The molecule has 2 rings (SSSR count). The molecule has 16 heavy (non-hydrogen) atoms. The van der Waals surface area contributed by atoms with E-state index >= 15 is 0 Å². The average Bonchev–Trinajstić information content (AvgIpc) is 2.30. The highest BCUT2D eigenvalue weighted by molar-refractivity contribution is 5.85. The zero-order valence-corrected chi connectivity index (χ0v) is 9.91. The van der Waals surface area contributed by atoms with E-state index in [2.05, 4.69) is 17.3 Å². The molecule has 5 heteroatoms. The first kappa shape index (κ1) is 11.8. The van der Waals surface area contributed by atoms with Crippen molar-refractivity contribution in [3.63, 3.8) is 0 Å². The summed E-state index contributed by atoms with van der Waals surface area (Å²) in [6, 6.07) is 0. The summed E-state index contributed by atoms with van der Waals surface area (Å²) in [5, 5.41) is 13.5. The van der Waals surface area contributed by atoms with Crippen LogP contribution in [0.2, 0.25) is 0 Å². The minimum Gasteiger partial charge on any atom is -0.380 e. The van der Waals surface area contributed by atoms with Crippen LogP contribution in [0, 0.1) is 0 Å². The fourth-order valence-electron chi connectivity index (χ4n) is 2.36. The molecule has 0 unspecified atom stereocenters. The van der Waals surface area contributed by atoms with Gasteiger partial charge in [-0.25, -0.2) is 0 Å². The Labute approximate surface area is 96.4 Å². The number of rotatable bonds is 1. The molecule has 0 aromatic rings. The normalized spacial score (nSPS) is 26.8. The Bertz CT molecular complexity index is 256. The van der Waals surface area contributed by atoms with Crippen molar-refractivity contribution in [2.24, 2.45) is 0 Å². The second-order valence-corrected chi connectivity index (χ2v) is 4.88. The summed E-state index contributed by atoms with van der Waals surface area (Å²) in [4.78, 5) is 16.2. The molecule has 2 N–H and O–H groups in total. The van der Waals surface area contributed by atoms with Gasteiger partial charge in [0.05, 0.1) is 0 Å². The van der Waals surface area contributed by atoms with Crippen LogP contribution in [0.1, 0.15) is 12.8 Å². The van der Waals surface area contributed by atoms with Gasteiger partial charge in [-0.3, -0.25) is 4.79 Å². The monoisotopic (exact) mass is 227 g/mol. The van der Waals surface area contributed by atoms with Crippen molar-refractivity contribution in [3.05, 3.63) is 0 Å². The lowest BCUT2D eigenvalue weighted by molar-refractivity contribution is -0.155. The predicted molar refractivity (Wildman–Crippen MR) is 61.1 cm³/mol. The first-order valence-electron chi connectivity index (χ1n) is 6.03. The topological polar surface area (TPSA) is 55.8 Å². The van der Waals surface area contributed by atoms with E-state index in [0.717, 1.165) is 39.3 Å². The smallest absolute Gasteiger partial charge is 0.254 e. The Hall–Kier alpha value is -0.650. The van der Waals surface area contributed by atoms with Gasteiger partial charge in [0.1, 0.15) is 5.60 Å². The van der Waals surface area contributed by atoms with Gasteiger partial charge in [0.25, 0.3) is 5.91 Å². The number of piperidine rings is 1. The third kappa shape index (κ3) is 2.36. The molecular weight excluding hydrogens is 206 g/mol. The van der Waals surface area contributed by atoms with Crippen LogP contribution in [0.5, 0.6) is 0 Å². The standard InChI is InChI=1S/C11H21N3O2/c1-13-6-8-14(9-7-13)10(15)11(16)2-4-12-5-3-11/h12,16H,2-9H2,1H3. The maximum Gasteiger partial charge on any atom is 0.254 e. The second kappa shape index (κ2) is 4.69. The molecule has 2 heterocycles. The first-order chi connectivity index (χ1) is 7.62. The molecule has 0 saturated carbocycles. The van der Waals surface area contributed by atoms with Crippen LogP contribution in [0.3, 0.4) is 0 Å². The van der Waals surface area contributed by atoms with Crippen molar-refractivity contribution in [2.45, 2.75) is 18.4 Å². The Morgan fingerprint density at radius 3 is 2.31 bits per heavy atom. The van der Waals surface area contributed by atoms with Gasteiger partial charge in [0.15, 0.2) is 0 Å². The van der Waals surface area contributed by atoms with Crippen molar-refractivity contribution in [1.29, 1.82) is 0 Å². The minimum absolute atomic E-state index is 0.0675. The molecule has 2 fully saturated rings. The van der Waals surface area contributed by atoms with Gasteiger partial charge < -0.3 is 20.2 Å². The van der Waals surface area contributed by atoms with E-state index in [4.69, 9.17) is 0 Å². The molecule has 2 saturated heterocycles. The number of amides is 1. The van der Waals surface area contributed by atoms with Gasteiger partial charge in [-0.2, -0.15) is 0 Å². The van der Waals surface area contributed by atoms with E-state index in [1.165, 1.54) is 0 Å². The number of carbonyl (C=O) groups excluding carboxylic acids is 1. The van der Waals surface area contributed by atoms with Crippen LogP contribution < -0.4 is 5.32 Å². The quantitative estimate of drug-likeness (QED) is 0.595. The Morgan fingerprint density at radius 2 is 1.75 bits per heavy atom. The Balaban J connectivity index is 1.95. The first-order valence-corrected chi connectivity index (χ1v) is 6.03. The zero-order chi connectivity index (χ0) is 11.6. The van der Waals surface area contributed by atoms with Crippen LogP contribution in [0.25, 0.3) is 0 Å². The Morgan fingerprint density at radius 1 is 1.19 bits per heavy atom. The molecule has 0 aromatic carbocycles. The summed E-state index contributed by atoms with van der Waals surface area (Å²) in [5.41, 5.74) is -1.11. The van der Waals surface area contributed by atoms with Crippen LogP contribution in [-0.2, 0) is 4.79 Å². The molecule has 0 aromatic heterocycles. The lowest BCUT2D eigenvalue weighted by Crippen LogP contribution is -2.58. The lowest BCUT2D eigenvalue weighted by Gasteiger charge is -2.39. The van der Waals surface area contributed by atoms with Crippen molar-refractivity contribution in [1.82, 2.24) is 15.1 Å². The molecule has 0 bridgehead atoms. The molecule has 0 radical (unpaired) electrons. The number of nitrogens with one attached hydrogen (secondary N) is 1. The number of nitrogens with zero attached hydrogens (tertiary/aromatic N) is 2. The van der Waals surface area contributed by atoms with E-state index in [1.54, 1.807) is 0 Å². The molecule has 1 amide bonds. The van der Waals surface area contributed by atoms with E-state index in [1.807, 2.05) is 4.90 Å². The molecule has 0 spiro atoms. The summed E-state index contributed by atoms with van der Waals surface area (Å²) in [5.74, 6) is -0.0675. The molecule has 92 valence electrons. The number of hydrogen-bond donors (Lipinski definition) is 2. The van der Waals surface area contributed by atoms with Crippen LogP contribution >= 0.6 is 0 Å². The van der Waals surface area contributed by atoms with Crippen molar-refractivity contribution in [3.8, 4) is 0 Å². The largest absolute Gasteiger partial charge is 0.380 e. The van der Waals surface area contributed by atoms with E-state index in [-0.39, 0.29) is 5.91 Å². The van der Waals surface area contributed by atoms with Crippen molar-refractivity contribution < 1.29 is 9.90 Å². The van der Waals surface area contributed by atoms with Gasteiger partial charge in [-0.05, 0) is 33.0 Å². The summed E-state index contributed by atoms with van der Waals surface area (Å²) < 4.78 is 0. The highest BCUT2D eigenvalue weighted by atomic mass is 16.3. The molecule has 2 aliphatic heterocycles. The molecule has 0 aliphatic carbocycles. The number of piperazine rings is 1. The average molecular weight is 227 g/mol. The fraction of sp³-hybridized carbons (Fsp3) is 0.909. The molecule has 2 aliphatic rings. The maximum absolute atomic E-state index is 12.2. The van der Waals surface area contributed by atoms with Crippen LogP contribution in [0.4, 0.5) is 0 Å². The SMILES string of the molecule is CN1CCN(C(=O)C2(O)CCNCC2)CC1. The summed E-state index contributed by atoms with van der Waals surface area (Å²) in [6.07, 6.45) is 1.08. The van der Waals surface area contributed by atoms with Crippen molar-refractivity contribution >= 4 is 5.91 Å². The van der Waals surface area contributed by atoms with Crippen LogP contribution in [-0.4, -0.2) is 72.7 Å². The third-order valence-corrected chi connectivity index (χ3v) is 3.62. The number of hydrogen-bond acceptors (Lipinski definition) is 4. The van der Waals surface area contributed by atoms with E-state index < -0.39 is 5.60 Å². The Kier molecular flexibility index (Phi) is 3.47. The second-order valence-electron chi connectivity index (χ2n) is 4.88. The number of aliphatic hydroxyl groups is 1. The molecular formula is C11H21N3O2. The minimum atomic E-state index is -1.11. The van der Waals surface area contributed by atoms with Crippen LogP contribution in [0.15, 0.2) is 0 Å². The summed E-state index contributed by atoms with van der Waals surface area (Å²) in [7, 11) is 2.06. The van der Waals surface area contributed by atoms with E-state index in [9.17, 15) is 9.90 Å². The van der Waals surface area contributed by atoms with Gasteiger partial charge in [0.2, 0.25) is 0 Å². The van der Waals surface area contributed by atoms with Gasteiger partial charge in [-0.15, -0.1) is 0 Å². The van der Waals surface area contributed by atoms with Gasteiger partial charge in [0, 0.05) is 26.2 Å². The molecule has 0 atom stereocenters. The van der Waals surface area contributed by atoms with E-state index in [0.29, 0.717) is 12.8 Å². The highest BCUT2D eigenvalue weighted by Crippen LogP contribution is 2.21. The highest BCUT2D eigenvalue weighted by Gasteiger charge is 2.40. The van der Waals surface area contributed by atoms with Gasteiger partial charge in [-0.1, -0.05) is 0 Å². The third-order valence-electron chi connectivity index (χ3n) is 3.62. The maximum atomic E-state index is 12.2. The fourth-order valence-corrected chi connectivity index (χ4v) is 2.36. The number of carbonyl (C=O) groups is 1. The predicted octanol–water partition coefficient (Wildman–Crippen LogP) is -1.13. The number of likely N-dealkylation sites (N-methyl/N-ethyl adjacent to an activating group) is 1.